The first-order valence-electron chi connectivity index (χ1n) is 7.40. The van der Waals surface area contributed by atoms with Crippen molar-refractivity contribution in [3.63, 3.8) is 0 Å². The number of nitrogens with zero attached hydrogens (tertiary/aromatic N) is 1. The predicted octanol–water partition coefficient (Wildman–Crippen LogP) is 3.23. The van der Waals surface area contributed by atoms with Gasteiger partial charge in [-0.3, -0.25) is 4.79 Å². The van der Waals surface area contributed by atoms with E-state index in [0.717, 1.165) is 12.0 Å². The summed E-state index contributed by atoms with van der Waals surface area (Å²) in [6, 6.07) is 8.58. The van der Waals surface area contributed by atoms with E-state index in [4.69, 9.17) is 0 Å². The number of hydrogen-bond donors (Lipinski definition) is 0. The second kappa shape index (κ2) is 7.02. The molecule has 2 atom stereocenters. The molecule has 1 heterocycles. The van der Waals surface area contributed by atoms with Gasteiger partial charge in [0.15, 0.2) is 6.61 Å². The quantitative estimate of drug-likeness (QED) is 0.618. The van der Waals surface area contributed by atoms with Crippen molar-refractivity contribution >= 4 is 11.9 Å². The molecule has 0 unspecified atom stereocenters. The van der Waals surface area contributed by atoms with Crippen molar-refractivity contribution in [2.75, 3.05) is 6.61 Å². The highest BCUT2D eigenvalue weighted by Crippen LogP contribution is 2.34. The Bertz CT molecular complexity index is 559. The van der Waals surface area contributed by atoms with Crippen molar-refractivity contribution in [2.24, 2.45) is 0 Å². The minimum Gasteiger partial charge on any atom is -0.449 e. The van der Waals surface area contributed by atoms with Gasteiger partial charge in [-0.2, -0.15) is 13.2 Å². The zero-order valence-corrected chi connectivity index (χ0v) is 12.7. The summed E-state index contributed by atoms with van der Waals surface area (Å²) in [7, 11) is 0. The van der Waals surface area contributed by atoms with Crippen molar-refractivity contribution in [2.45, 2.75) is 44.4 Å². The molecule has 0 spiro atoms. The number of rotatable bonds is 2. The normalized spacial score (nSPS) is 21.8. The van der Waals surface area contributed by atoms with E-state index in [0.29, 0.717) is 12.8 Å². The molecule has 0 N–H and O–H groups in total. The fourth-order valence-corrected chi connectivity index (χ4v) is 2.85. The molecular formula is C16H18F3NO3. The SMILES string of the molecule is C[C@H]1CCC[C@@H](c2ccccc2)N1C(=O)C(=O)OCC(F)(F)F. The maximum Gasteiger partial charge on any atom is 0.422 e. The fraction of sp³-hybridized carbons (Fsp3) is 0.500. The standard InChI is InChI=1S/C16H18F3NO3/c1-11-6-5-9-13(12-7-3-2-4-8-12)20(11)14(21)15(22)23-10-16(17,18)19/h2-4,7-8,11,13H,5-6,9-10H2,1H3/t11-,13-/m0/s1. The molecule has 1 saturated heterocycles. The van der Waals surface area contributed by atoms with Gasteiger partial charge in [0.25, 0.3) is 0 Å². The number of likely N-dealkylation sites (tertiary alicyclic amines) is 1. The third kappa shape index (κ3) is 4.46. The van der Waals surface area contributed by atoms with Gasteiger partial charge in [0.1, 0.15) is 0 Å². The second-order valence-electron chi connectivity index (χ2n) is 5.61. The summed E-state index contributed by atoms with van der Waals surface area (Å²) in [5.41, 5.74) is 0.857. The van der Waals surface area contributed by atoms with E-state index in [1.807, 2.05) is 30.3 Å². The van der Waals surface area contributed by atoms with Gasteiger partial charge in [-0.1, -0.05) is 30.3 Å². The first kappa shape index (κ1) is 17.3. The van der Waals surface area contributed by atoms with Crippen molar-refractivity contribution in [1.29, 1.82) is 0 Å². The van der Waals surface area contributed by atoms with E-state index in [-0.39, 0.29) is 12.1 Å². The third-order valence-electron chi connectivity index (χ3n) is 3.87. The molecule has 0 saturated carbocycles. The molecule has 1 aromatic carbocycles. The first-order chi connectivity index (χ1) is 10.8. The molecular weight excluding hydrogens is 311 g/mol. The van der Waals surface area contributed by atoms with Gasteiger partial charge in [-0.15, -0.1) is 0 Å². The van der Waals surface area contributed by atoms with Gasteiger partial charge in [-0.05, 0) is 31.7 Å². The van der Waals surface area contributed by atoms with Gasteiger partial charge in [0.2, 0.25) is 0 Å². The molecule has 1 aliphatic heterocycles. The highest BCUT2D eigenvalue weighted by Gasteiger charge is 2.38. The number of amides is 1. The van der Waals surface area contributed by atoms with Gasteiger partial charge in [0, 0.05) is 6.04 Å². The highest BCUT2D eigenvalue weighted by molar-refractivity contribution is 6.32. The maximum atomic E-state index is 12.3. The van der Waals surface area contributed by atoms with E-state index in [9.17, 15) is 22.8 Å². The number of hydrogen-bond acceptors (Lipinski definition) is 3. The minimum atomic E-state index is -4.65. The van der Waals surface area contributed by atoms with E-state index in [2.05, 4.69) is 4.74 Å². The van der Waals surface area contributed by atoms with Gasteiger partial charge in [0.05, 0.1) is 6.04 Å². The zero-order chi connectivity index (χ0) is 17.0. The van der Waals surface area contributed by atoms with Crippen LogP contribution in [0.5, 0.6) is 0 Å². The fourth-order valence-electron chi connectivity index (χ4n) is 2.85. The Labute approximate surface area is 132 Å². The lowest BCUT2D eigenvalue weighted by molar-refractivity contribution is -0.190. The lowest BCUT2D eigenvalue weighted by Gasteiger charge is -2.40. The number of esters is 1. The van der Waals surface area contributed by atoms with Crippen LogP contribution >= 0.6 is 0 Å². The van der Waals surface area contributed by atoms with Crippen LogP contribution in [0.15, 0.2) is 30.3 Å². The van der Waals surface area contributed by atoms with Crippen molar-refractivity contribution < 1.29 is 27.5 Å². The smallest absolute Gasteiger partial charge is 0.422 e. The molecule has 0 aromatic heterocycles. The van der Waals surface area contributed by atoms with E-state index in [1.54, 1.807) is 6.92 Å². The molecule has 2 rings (SSSR count). The van der Waals surface area contributed by atoms with Crippen LogP contribution in [0, 0.1) is 0 Å². The summed E-state index contributed by atoms with van der Waals surface area (Å²) < 4.78 is 40.5. The summed E-state index contributed by atoms with van der Waals surface area (Å²) in [6.45, 7) is 0.0276. The van der Waals surface area contributed by atoms with Crippen LogP contribution in [0.3, 0.4) is 0 Å². The number of carbonyl (C=O) groups excluding carboxylic acids is 2. The van der Waals surface area contributed by atoms with Crippen molar-refractivity contribution in [3.8, 4) is 0 Å². The van der Waals surface area contributed by atoms with Crippen LogP contribution in [0.1, 0.15) is 37.8 Å². The van der Waals surface area contributed by atoms with Crippen LogP contribution in [0.2, 0.25) is 0 Å². The number of carbonyl (C=O) groups is 2. The molecule has 7 heteroatoms. The largest absolute Gasteiger partial charge is 0.449 e. The summed E-state index contributed by atoms with van der Waals surface area (Å²) >= 11 is 0. The highest BCUT2D eigenvalue weighted by atomic mass is 19.4. The number of ether oxygens (including phenoxy) is 1. The van der Waals surface area contributed by atoms with Gasteiger partial charge in [-0.25, -0.2) is 4.79 Å². The molecule has 1 fully saturated rings. The molecule has 23 heavy (non-hydrogen) atoms. The summed E-state index contributed by atoms with van der Waals surface area (Å²) in [4.78, 5) is 25.3. The summed E-state index contributed by atoms with van der Waals surface area (Å²) in [6.07, 6.45) is -2.42. The number of piperidine rings is 1. The Balaban J connectivity index is 2.15. The van der Waals surface area contributed by atoms with Gasteiger partial charge < -0.3 is 9.64 Å². The molecule has 1 aliphatic rings. The lowest BCUT2D eigenvalue weighted by Crippen LogP contribution is -2.48. The third-order valence-corrected chi connectivity index (χ3v) is 3.87. The van der Waals surface area contributed by atoms with Crippen molar-refractivity contribution in [3.05, 3.63) is 35.9 Å². The molecule has 0 bridgehead atoms. The average molecular weight is 329 g/mol. The minimum absolute atomic E-state index is 0.236. The van der Waals surface area contributed by atoms with Crippen LogP contribution < -0.4 is 0 Å². The molecule has 0 aliphatic carbocycles. The van der Waals surface area contributed by atoms with Crippen LogP contribution in [-0.2, 0) is 14.3 Å². The second-order valence-corrected chi connectivity index (χ2v) is 5.61. The van der Waals surface area contributed by atoms with Crippen LogP contribution in [0.25, 0.3) is 0 Å². The van der Waals surface area contributed by atoms with Gasteiger partial charge >= 0.3 is 18.1 Å². The molecule has 1 aromatic rings. The number of alkyl halides is 3. The maximum absolute atomic E-state index is 12.3. The monoisotopic (exact) mass is 329 g/mol. The molecule has 1 amide bonds. The van der Waals surface area contributed by atoms with Crippen molar-refractivity contribution in [1.82, 2.24) is 4.90 Å². The van der Waals surface area contributed by atoms with E-state index < -0.39 is 24.7 Å². The predicted molar refractivity (Wildman–Crippen MR) is 76.4 cm³/mol. The average Bonchev–Trinajstić information content (AvgIpc) is 2.52. The van der Waals surface area contributed by atoms with Crippen LogP contribution in [-0.4, -0.2) is 35.6 Å². The number of halogens is 3. The summed E-state index contributed by atoms with van der Waals surface area (Å²) in [5, 5.41) is 0. The Morgan fingerprint density at radius 1 is 1.22 bits per heavy atom. The molecule has 4 nitrogen and oxygen atoms in total. The van der Waals surface area contributed by atoms with Crippen LogP contribution in [0.4, 0.5) is 13.2 Å². The topological polar surface area (TPSA) is 46.6 Å². The molecule has 0 radical (unpaired) electrons. The van der Waals surface area contributed by atoms with E-state index in [1.165, 1.54) is 4.90 Å². The summed E-state index contributed by atoms with van der Waals surface area (Å²) in [5.74, 6) is -2.48. The zero-order valence-electron chi connectivity index (χ0n) is 12.7. The van der Waals surface area contributed by atoms with E-state index >= 15 is 0 Å². The number of benzene rings is 1. The molecule has 126 valence electrons. The Morgan fingerprint density at radius 2 is 1.87 bits per heavy atom. The first-order valence-corrected chi connectivity index (χ1v) is 7.40. The Kier molecular flexibility index (Phi) is 5.28. The Hall–Kier alpha value is -2.05. The lowest BCUT2D eigenvalue weighted by atomic mass is 9.91. The Morgan fingerprint density at radius 3 is 2.48 bits per heavy atom.